The molecule has 0 aliphatic heterocycles. The van der Waals surface area contributed by atoms with Crippen molar-refractivity contribution in [1.82, 2.24) is 0 Å². The standard InChI is InChI=1S/C13H17NO3/c1-4-10-5-7-11(8-6-10)14(2)12(15)9-13(16)17-3/h5-8H,4,9H2,1-3H3. The third kappa shape index (κ3) is 3.59. The quantitative estimate of drug-likeness (QED) is 0.590. The van der Waals surface area contributed by atoms with Gasteiger partial charge in [-0.25, -0.2) is 0 Å². The Labute approximate surface area is 101 Å². The third-order valence-electron chi connectivity index (χ3n) is 2.63. The first-order chi connectivity index (χ1) is 8.08. The molecule has 0 fully saturated rings. The SMILES string of the molecule is CCc1ccc(N(C)C(=O)CC(=O)OC)cc1. The lowest BCUT2D eigenvalue weighted by atomic mass is 10.1. The Bertz CT molecular complexity index is 398. The maximum Gasteiger partial charge on any atom is 0.315 e. The Morgan fingerprint density at radius 1 is 1.24 bits per heavy atom. The van der Waals surface area contributed by atoms with Crippen molar-refractivity contribution in [3.8, 4) is 0 Å². The Morgan fingerprint density at radius 3 is 2.29 bits per heavy atom. The third-order valence-corrected chi connectivity index (χ3v) is 2.63. The van der Waals surface area contributed by atoms with Crippen LogP contribution in [0.25, 0.3) is 0 Å². The van der Waals surface area contributed by atoms with Crippen LogP contribution in [0.2, 0.25) is 0 Å². The van der Waals surface area contributed by atoms with Crippen molar-refractivity contribution in [3.05, 3.63) is 29.8 Å². The molecule has 0 spiro atoms. The summed E-state index contributed by atoms with van der Waals surface area (Å²) in [5.41, 5.74) is 1.98. The number of aryl methyl sites for hydroxylation is 1. The fourth-order valence-corrected chi connectivity index (χ4v) is 1.41. The minimum Gasteiger partial charge on any atom is -0.469 e. The fourth-order valence-electron chi connectivity index (χ4n) is 1.41. The maximum absolute atomic E-state index is 11.7. The van der Waals surface area contributed by atoms with E-state index in [1.165, 1.54) is 17.6 Å². The summed E-state index contributed by atoms with van der Waals surface area (Å²) >= 11 is 0. The molecule has 0 aromatic heterocycles. The van der Waals surface area contributed by atoms with E-state index in [2.05, 4.69) is 11.7 Å². The predicted octanol–water partition coefficient (Wildman–Crippen LogP) is 1.77. The molecule has 1 rings (SSSR count). The first-order valence-corrected chi connectivity index (χ1v) is 5.50. The largest absolute Gasteiger partial charge is 0.469 e. The summed E-state index contributed by atoms with van der Waals surface area (Å²) < 4.78 is 4.46. The molecule has 0 saturated heterocycles. The van der Waals surface area contributed by atoms with E-state index < -0.39 is 5.97 Å². The van der Waals surface area contributed by atoms with Crippen LogP contribution in [0.15, 0.2) is 24.3 Å². The number of ether oxygens (including phenoxy) is 1. The zero-order valence-corrected chi connectivity index (χ0v) is 10.4. The van der Waals surface area contributed by atoms with Gasteiger partial charge in [0, 0.05) is 12.7 Å². The molecule has 0 saturated carbocycles. The molecular weight excluding hydrogens is 218 g/mol. The number of esters is 1. The van der Waals surface area contributed by atoms with Crippen LogP contribution >= 0.6 is 0 Å². The van der Waals surface area contributed by atoms with Gasteiger partial charge in [-0.15, -0.1) is 0 Å². The number of hydrogen-bond donors (Lipinski definition) is 0. The highest BCUT2D eigenvalue weighted by Crippen LogP contribution is 2.15. The van der Waals surface area contributed by atoms with E-state index in [4.69, 9.17) is 0 Å². The van der Waals surface area contributed by atoms with Gasteiger partial charge < -0.3 is 9.64 Å². The van der Waals surface area contributed by atoms with Crippen LogP contribution < -0.4 is 4.90 Å². The van der Waals surface area contributed by atoms with Crippen LogP contribution in [0.3, 0.4) is 0 Å². The number of anilines is 1. The Balaban J connectivity index is 2.71. The van der Waals surface area contributed by atoms with Crippen LogP contribution in [-0.2, 0) is 20.7 Å². The van der Waals surface area contributed by atoms with Gasteiger partial charge in [0.2, 0.25) is 5.91 Å². The maximum atomic E-state index is 11.7. The van der Waals surface area contributed by atoms with Crippen molar-refractivity contribution in [2.24, 2.45) is 0 Å². The summed E-state index contributed by atoms with van der Waals surface area (Å²) in [6, 6.07) is 7.68. The van der Waals surface area contributed by atoms with E-state index in [1.54, 1.807) is 7.05 Å². The van der Waals surface area contributed by atoms with E-state index in [1.807, 2.05) is 24.3 Å². The lowest BCUT2D eigenvalue weighted by molar-refractivity contribution is -0.143. The van der Waals surface area contributed by atoms with Crippen molar-refractivity contribution in [3.63, 3.8) is 0 Å². The second-order valence-corrected chi connectivity index (χ2v) is 3.73. The van der Waals surface area contributed by atoms with Gasteiger partial charge >= 0.3 is 5.97 Å². The molecule has 0 radical (unpaired) electrons. The van der Waals surface area contributed by atoms with Crippen molar-refractivity contribution in [2.45, 2.75) is 19.8 Å². The smallest absolute Gasteiger partial charge is 0.315 e. The van der Waals surface area contributed by atoms with Crippen molar-refractivity contribution in [1.29, 1.82) is 0 Å². The summed E-state index contributed by atoms with van der Waals surface area (Å²) in [5.74, 6) is -0.798. The van der Waals surface area contributed by atoms with Crippen LogP contribution in [0.4, 0.5) is 5.69 Å². The average Bonchev–Trinajstić information content (AvgIpc) is 2.37. The zero-order chi connectivity index (χ0) is 12.8. The second-order valence-electron chi connectivity index (χ2n) is 3.73. The summed E-state index contributed by atoms with van der Waals surface area (Å²) in [5, 5.41) is 0. The fraction of sp³-hybridized carbons (Fsp3) is 0.385. The van der Waals surface area contributed by atoms with E-state index in [9.17, 15) is 9.59 Å². The van der Waals surface area contributed by atoms with Crippen molar-refractivity contribution >= 4 is 17.6 Å². The summed E-state index contributed by atoms with van der Waals surface area (Å²) in [6.45, 7) is 2.07. The topological polar surface area (TPSA) is 46.6 Å². The van der Waals surface area contributed by atoms with Crippen LogP contribution in [0, 0.1) is 0 Å². The first kappa shape index (κ1) is 13.2. The Kier molecular flexibility index (Phi) is 4.69. The summed E-state index contributed by atoms with van der Waals surface area (Å²) in [6.07, 6.45) is 0.725. The van der Waals surface area contributed by atoms with E-state index in [0.29, 0.717) is 0 Å². The molecule has 1 aromatic rings. The van der Waals surface area contributed by atoms with E-state index in [-0.39, 0.29) is 12.3 Å². The highest BCUT2D eigenvalue weighted by atomic mass is 16.5. The molecule has 92 valence electrons. The Morgan fingerprint density at radius 2 is 1.82 bits per heavy atom. The number of carbonyl (C=O) groups excluding carboxylic acids is 2. The number of methoxy groups -OCH3 is 1. The summed E-state index contributed by atoms with van der Waals surface area (Å²) in [7, 11) is 2.91. The number of amides is 1. The molecule has 4 nitrogen and oxygen atoms in total. The van der Waals surface area contributed by atoms with Crippen LogP contribution in [0.1, 0.15) is 18.9 Å². The molecule has 0 bridgehead atoms. The normalized spacial score (nSPS) is 9.82. The molecule has 4 heteroatoms. The second kappa shape index (κ2) is 6.03. The number of carbonyl (C=O) groups is 2. The minimum absolute atomic E-state index is 0.234. The van der Waals surface area contributed by atoms with Gasteiger partial charge in [0.05, 0.1) is 7.11 Å². The lowest BCUT2D eigenvalue weighted by Crippen LogP contribution is -2.28. The van der Waals surface area contributed by atoms with Crippen molar-refractivity contribution in [2.75, 3.05) is 19.1 Å². The van der Waals surface area contributed by atoms with Gasteiger partial charge in [-0.1, -0.05) is 19.1 Å². The number of benzene rings is 1. The average molecular weight is 235 g/mol. The van der Waals surface area contributed by atoms with E-state index >= 15 is 0 Å². The van der Waals surface area contributed by atoms with Gasteiger partial charge in [0.15, 0.2) is 0 Å². The van der Waals surface area contributed by atoms with Gasteiger partial charge in [0.1, 0.15) is 6.42 Å². The van der Waals surface area contributed by atoms with E-state index in [0.717, 1.165) is 12.1 Å². The van der Waals surface area contributed by atoms with Crippen LogP contribution in [-0.4, -0.2) is 26.0 Å². The highest BCUT2D eigenvalue weighted by Gasteiger charge is 2.15. The van der Waals surface area contributed by atoms with Gasteiger partial charge in [-0.2, -0.15) is 0 Å². The first-order valence-electron chi connectivity index (χ1n) is 5.50. The van der Waals surface area contributed by atoms with Gasteiger partial charge in [-0.05, 0) is 24.1 Å². The minimum atomic E-state index is -0.521. The highest BCUT2D eigenvalue weighted by molar-refractivity contribution is 6.03. The zero-order valence-electron chi connectivity index (χ0n) is 10.4. The lowest BCUT2D eigenvalue weighted by Gasteiger charge is -2.17. The molecule has 1 aromatic carbocycles. The predicted molar refractivity (Wildman–Crippen MR) is 65.9 cm³/mol. The number of nitrogens with zero attached hydrogens (tertiary/aromatic N) is 1. The molecule has 0 atom stereocenters. The molecule has 0 heterocycles. The number of rotatable bonds is 4. The van der Waals surface area contributed by atoms with Crippen LogP contribution in [0.5, 0.6) is 0 Å². The number of hydrogen-bond acceptors (Lipinski definition) is 3. The molecule has 17 heavy (non-hydrogen) atoms. The molecular formula is C13H17NO3. The molecule has 0 aliphatic rings. The van der Waals surface area contributed by atoms with Gasteiger partial charge in [0.25, 0.3) is 0 Å². The van der Waals surface area contributed by atoms with Gasteiger partial charge in [-0.3, -0.25) is 9.59 Å². The molecule has 0 aliphatic carbocycles. The van der Waals surface area contributed by atoms with Crippen molar-refractivity contribution < 1.29 is 14.3 Å². The molecule has 0 N–H and O–H groups in total. The molecule has 0 unspecified atom stereocenters. The molecule has 1 amide bonds. The monoisotopic (exact) mass is 235 g/mol. The Hall–Kier alpha value is -1.84. The summed E-state index contributed by atoms with van der Waals surface area (Å²) in [4.78, 5) is 24.1.